The monoisotopic (exact) mass is 413 g/mol. The van der Waals surface area contributed by atoms with Gasteiger partial charge in [-0.25, -0.2) is 9.98 Å². The average Bonchev–Trinajstić information content (AvgIpc) is 2.93. The average molecular weight is 413 g/mol. The minimum Gasteiger partial charge on any atom is -0.357 e. The van der Waals surface area contributed by atoms with Crippen LogP contribution >= 0.6 is 24.0 Å². The van der Waals surface area contributed by atoms with Crippen LogP contribution in [0.2, 0.25) is 0 Å². The first-order chi connectivity index (χ1) is 10.3. The molecule has 0 aliphatic carbocycles. The molecule has 1 aromatic heterocycles. The Bertz CT molecular complexity index is 557. The largest absolute Gasteiger partial charge is 0.357 e. The van der Waals surface area contributed by atoms with Gasteiger partial charge < -0.3 is 15.2 Å². The topological polar surface area (TPSA) is 54.2 Å². The Kier molecular flexibility index (Phi) is 8.57. The van der Waals surface area contributed by atoms with Gasteiger partial charge in [0.05, 0.1) is 0 Å². The molecule has 0 spiro atoms. The molecule has 22 heavy (non-hydrogen) atoms. The Morgan fingerprint density at radius 3 is 2.45 bits per heavy atom. The quantitative estimate of drug-likeness (QED) is 0.435. The van der Waals surface area contributed by atoms with Crippen LogP contribution in [0.3, 0.4) is 0 Å². The van der Waals surface area contributed by atoms with Gasteiger partial charge in [0, 0.05) is 32.0 Å². The predicted molar refractivity (Wildman–Crippen MR) is 102 cm³/mol. The molecule has 0 unspecified atom stereocenters. The summed E-state index contributed by atoms with van der Waals surface area (Å²) >= 11 is 0. The molecule has 0 aliphatic heterocycles. The third-order valence-corrected chi connectivity index (χ3v) is 3.06. The van der Waals surface area contributed by atoms with E-state index in [9.17, 15) is 0 Å². The molecule has 0 aliphatic rings. The van der Waals surface area contributed by atoms with Gasteiger partial charge in [-0.15, -0.1) is 24.0 Å². The maximum absolute atomic E-state index is 4.56. The number of nitrogens with zero attached hydrogens (tertiary/aromatic N) is 3. The number of halogens is 1. The molecule has 2 rings (SSSR count). The summed E-state index contributed by atoms with van der Waals surface area (Å²) in [6.07, 6.45) is 3.83. The van der Waals surface area contributed by atoms with E-state index in [1.54, 1.807) is 0 Å². The summed E-state index contributed by atoms with van der Waals surface area (Å²) in [6.45, 7) is 7.21. The molecule has 6 heteroatoms. The molecule has 120 valence electrons. The fraction of sp³-hybridized carbons (Fsp3) is 0.375. The third-order valence-electron chi connectivity index (χ3n) is 3.06. The summed E-state index contributed by atoms with van der Waals surface area (Å²) in [5.41, 5.74) is 1.26. The fourth-order valence-corrected chi connectivity index (χ4v) is 2.07. The highest BCUT2D eigenvalue weighted by Crippen LogP contribution is 2.06. The van der Waals surface area contributed by atoms with Crippen molar-refractivity contribution in [3.8, 4) is 0 Å². The van der Waals surface area contributed by atoms with Gasteiger partial charge in [-0.05, 0) is 19.4 Å². The van der Waals surface area contributed by atoms with Crippen molar-refractivity contribution >= 4 is 29.9 Å². The summed E-state index contributed by atoms with van der Waals surface area (Å²) in [4.78, 5) is 8.96. The van der Waals surface area contributed by atoms with Crippen molar-refractivity contribution in [1.82, 2.24) is 20.2 Å². The number of nitrogens with one attached hydrogen (secondary N) is 2. The molecule has 1 heterocycles. The molecular weight excluding hydrogens is 389 g/mol. The van der Waals surface area contributed by atoms with E-state index in [0.29, 0.717) is 6.54 Å². The molecule has 0 atom stereocenters. The van der Waals surface area contributed by atoms with Crippen LogP contribution in [0.15, 0.2) is 47.7 Å². The Labute approximate surface area is 149 Å². The molecule has 0 bridgehead atoms. The maximum atomic E-state index is 4.56. The van der Waals surface area contributed by atoms with E-state index in [2.05, 4.69) is 63.3 Å². The van der Waals surface area contributed by atoms with Crippen molar-refractivity contribution in [3.63, 3.8) is 0 Å². The van der Waals surface area contributed by atoms with Gasteiger partial charge in [-0.2, -0.15) is 0 Å². The minimum atomic E-state index is 0. The van der Waals surface area contributed by atoms with E-state index in [0.717, 1.165) is 31.4 Å². The normalized spacial score (nSPS) is 9.73. The van der Waals surface area contributed by atoms with Crippen molar-refractivity contribution in [2.45, 2.75) is 26.9 Å². The molecule has 1 aromatic carbocycles. The number of imidazole rings is 1. The van der Waals surface area contributed by atoms with Gasteiger partial charge in [0.1, 0.15) is 12.4 Å². The van der Waals surface area contributed by atoms with Crippen LogP contribution in [0.1, 0.15) is 25.2 Å². The minimum absolute atomic E-state index is 0. The van der Waals surface area contributed by atoms with Crippen LogP contribution in [0.5, 0.6) is 0 Å². The van der Waals surface area contributed by atoms with Crippen LogP contribution in [0.4, 0.5) is 0 Å². The number of guanidine groups is 1. The maximum Gasteiger partial charge on any atom is 0.191 e. The van der Waals surface area contributed by atoms with Gasteiger partial charge in [-0.3, -0.25) is 0 Å². The zero-order valence-corrected chi connectivity index (χ0v) is 15.5. The van der Waals surface area contributed by atoms with Gasteiger partial charge in [-0.1, -0.05) is 30.3 Å². The SMILES string of the molecule is CCNC(=NCc1nccn1Cc1ccccc1)NCC.I. The molecule has 0 saturated carbocycles. The Hall–Kier alpha value is -1.57. The van der Waals surface area contributed by atoms with E-state index >= 15 is 0 Å². The van der Waals surface area contributed by atoms with Crippen molar-refractivity contribution in [2.75, 3.05) is 13.1 Å². The molecule has 0 radical (unpaired) electrons. The Morgan fingerprint density at radius 1 is 1.14 bits per heavy atom. The molecule has 2 aromatic rings. The van der Waals surface area contributed by atoms with Gasteiger partial charge in [0.2, 0.25) is 0 Å². The van der Waals surface area contributed by atoms with Crippen LogP contribution in [0.25, 0.3) is 0 Å². The lowest BCUT2D eigenvalue weighted by atomic mass is 10.2. The zero-order valence-electron chi connectivity index (χ0n) is 13.1. The zero-order chi connectivity index (χ0) is 14.9. The molecule has 0 fully saturated rings. The van der Waals surface area contributed by atoms with E-state index < -0.39 is 0 Å². The summed E-state index contributed by atoms with van der Waals surface area (Å²) < 4.78 is 2.13. The Morgan fingerprint density at radius 2 is 1.82 bits per heavy atom. The Balaban J connectivity index is 0.00000242. The number of aliphatic imine (C=N–C) groups is 1. The van der Waals surface area contributed by atoms with Crippen molar-refractivity contribution in [2.24, 2.45) is 4.99 Å². The standard InChI is InChI=1S/C16H23N5.HI/c1-3-17-16(18-4-2)20-12-15-19-10-11-21(15)13-14-8-6-5-7-9-14;/h5-11H,3-4,12-13H2,1-2H3,(H2,17,18,20);1H. The van der Waals surface area contributed by atoms with Gasteiger partial charge in [0.15, 0.2) is 5.96 Å². The van der Waals surface area contributed by atoms with Crippen LogP contribution in [0, 0.1) is 0 Å². The van der Waals surface area contributed by atoms with Crippen LogP contribution < -0.4 is 10.6 Å². The van der Waals surface area contributed by atoms with E-state index in [-0.39, 0.29) is 24.0 Å². The fourth-order valence-electron chi connectivity index (χ4n) is 2.07. The lowest BCUT2D eigenvalue weighted by molar-refractivity contribution is 0.718. The van der Waals surface area contributed by atoms with E-state index in [1.807, 2.05) is 18.5 Å². The van der Waals surface area contributed by atoms with Crippen molar-refractivity contribution in [3.05, 3.63) is 54.1 Å². The molecular formula is C16H24IN5. The number of benzene rings is 1. The highest BCUT2D eigenvalue weighted by atomic mass is 127. The molecule has 0 saturated heterocycles. The second kappa shape index (κ2) is 10.2. The predicted octanol–water partition coefficient (Wildman–Crippen LogP) is 2.62. The first-order valence-electron chi connectivity index (χ1n) is 7.39. The second-order valence-corrected chi connectivity index (χ2v) is 4.68. The lowest BCUT2D eigenvalue weighted by Crippen LogP contribution is -2.37. The molecule has 0 amide bonds. The smallest absolute Gasteiger partial charge is 0.191 e. The first-order valence-corrected chi connectivity index (χ1v) is 7.39. The summed E-state index contributed by atoms with van der Waals surface area (Å²) in [5.74, 6) is 1.79. The van der Waals surface area contributed by atoms with Crippen molar-refractivity contribution in [1.29, 1.82) is 0 Å². The number of rotatable bonds is 6. The first kappa shape index (κ1) is 18.5. The highest BCUT2D eigenvalue weighted by molar-refractivity contribution is 14.0. The van der Waals surface area contributed by atoms with E-state index in [4.69, 9.17) is 0 Å². The van der Waals surface area contributed by atoms with Crippen LogP contribution in [-0.4, -0.2) is 28.6 Å². The van der Waals surface area contributed by atoms with Crippen LogP contribution in [-0.2, 0) is 13.1 Å². The summed E-state index contributed by atoms with van der Waals surface area (Å²) in [7, 11) is 0. The molecule has 2 N–H and O–H groups in total. The third kappa shape index (κ3) is 5.67. The lowest BCUT2D eigenvalue weighted by Gasteiger charge is -2.10. The highest BCUT2D eigenvalue weighted by Gasteiger charge is 2.03. The van der Waals surface area contributed by atoms with Gasteiger partial charge >= 0.3 is 0 Å². The number of aromatic nitrogens is 2. The second-order valence-electron chi connectivity index (χ2n) is 4.68. The number of hydrogen-bond acceptors (Lipinski definition) is 2. The summed E-state index contributed by atoms with van der Waals surface area (Å²) in [5, 5.41) is 6.43. The van der Waals surface area contributed by atoms with E-state index in [1.165, 1.54) is 5.56 Å². The molecule has 5 nitrogen and oxygen atoms in total. The number of hydrogen-bond donors (Lipinski definition) is 2. The summed E-state index contributed by atoms with van der Waals surface area (Å²) in [6, 6.07) is 10.4. The van der Waals surface area contributed by atoms with Crippen molar-refractivity contribution < 1.29 is 0 Å². The van der Waals surface area contributed by atoms with Gasteiger partial charge in [0.25, 0.3) is 0 Å².